The lowest BCUT2D eigenvalue weighted by Gasteiger charge is -2.05. The van der Waals surface area contributed by atoms with Crippen LogP contribution >= 0.6 is 0 Å². The molecular formula is C14H21NO3. The summed E-state index contributed by atoms with van der Waals surface area (Å²) in [5, 5.41) is 11.3. The fraction of sp³-hybridized carbons (Fsp3) is 0.500. The van der Waals surface area contributed by atoms with Crippen LogP contribution in [0.25, 0.3) is 0 Å². The summed E-state index contributed by atoms with van der Waals surface area (Å²) in [7, 11) is 0. The summed E-state index contributed by atoms with van der Waals surface area (Å²) in [6, 6.07) is 10.1. The number of aryl methyl sites for hydroxylation is 1. The van der Waals surface area contributed by atoms with E-state index in [1.165, 1.54) is 5.56 Å². The van der Waals surface area contributed by atoms with Gasteiger partial charge in [0.2, 0.25) is 5.91 Å². The molecule has 1 rings (SSSR count). The largest absolute Gasteiger partial charge is 0.394 e. The van der Waals surface area contributed by atoms with Gasteiger partial charge in [-0.1, -0.05) is 30.3 Å². The number of aliphatic hydroxyl groups excluding tert-OH is 1. The van der Waals surface area contributed by atoms with Gasteiger partial charge in [-0.05, 0) is 18.4 Å². The number of rotatable bonds is 9. The minimum absolute atomic E-state index is 0.0189. The third-order valence-corrected chi connectivity index (χ3v) is 2.52. The molecule has 0 aliphatic rings. The molecule has 0 bridgehead atoms. The van der Waals surface area contributed by atoms with Crippen LogP contribution in [0.4, 0.5) is 0 Å². The van der Waals surface area contributed by atoms with Gasteiger partial charge in [0, 0.05) is 13.0 Å². The molecule has 0 saturated heterocycles. The van der Waals surface area contributed by atoms with Crippen molar-refractivity contribution in [3.63, 3.8) is 0 Å². The number of amides is 1. The molecule has 4 nitrogen and oxygen atoms in total. The van der Waals surface area contributed by atoms with Crippen molar-refractivity contribution in [2.24, 2.45) is 0 Å². The molecule has 0 spiro atoms. The lowest BCUT2D eigenvalue weighted by atomic mass is 10.1. The van der Waals surface area contributed by atoms with Crippen LogP contribution in [0.2, 0.25) is 0 Å². The molecule has 18 heavy (non-hydrogen) atoms. The second-order valence-corrected chi connectivity index (χ2v) is 4.03. The average Bonchev–Trinajstić information content (AvgIpc) is 2.40. The van der Waals surface area contributed by atoms with Gasteiger partial charge in [0.1, 0.15) is 0 Å². The topological polar surface area (TPSA) is 58.6 Å². The van der Waals surface area contributed by atoms with Crippen molar-refractivity contribution in [2.75, 3.05) is 26.4 Å². The van der Waals surface area contributed by atoms with Gasteiger partial charge in [-0.25, -0.2) is 0 Å². The van der Waals surface area contributed by atoms with E-state index in [1.807, 2.05) is 18.2 Å². The van der Waals surface area contributed by atoms with Crippen molar-refractivity contribution >= 4 is 5.91 Å². The summed E-state index contributed by atoms with van der Waals surface area (Å²) in [5.74, 6) is 0.0542. The fourth-order valence-corrected chi connectivity index (χ4v) is 1.62. The zero-order chi connectivity index (χ0) is 13.1. The molecule has 1 amide bonds. The maximum atomic E-state index is 11.4. The van der Waals surface area contributed by atoms with E-state index < -0.39 is 0 Å². The Morgan fingerprint density at radius 1 is 1.22 bits per heavy atom. The van der Waals surface area contributed by atoms with Crippen molar-refractivity contribution in [2.45, 2.75) is 19.3 Å². The van der Waals surface area contributed by atoms with Crippen LogP contribution in [0.5, 0.6) is 0 Å². The third kappa shape index (κ3) is 7.04. The zero-order valence-corrected chi connectivity index (χ0v) is 10.6. The molecule has 0 unspecified atom stereocenters. The van der Waals surface area contributed by atoms with Crippen molar-refractivity contribution in [3.05, 3.63) is 35.9 Å². The van der Waals surface area contributed by atoms with Gasteiger partial charge in [-0.2, -0.15) is 0 Å². The Balaban J connectivity index is 2.00. The average molecular weight is 251 g/mol. The van der Waals surface area contributed by atoms with E-state index in [0.29, 0.717) is 26.2 Å². The minimum atomic E-state index is 0.0189. The lowest BCUT2D eigenvalue weighted by molar-refractivity contribution is -0.121. The maximum Gasteiger partial charge on any atom is 0.220 e. The molecule has 0 heterocycles. The highest BCUT2D eigenvalue weighted by atomic mass is 16.5. The maximum absolute atomic E-state index is 11.4. The third-order valence-electron chi connectivity index (χ3n) is 2.52. The Morgan fingerprint density at radius 3 is 2.72 bits per heavy atom. The molecule has 1 aromatic rings. The Hall–Kier alpha value is -1.39. The van der Waals surface area contributed by atoms with Crippen molar-refractivity contribution in [1.29, 1.82) is 0 Å². The summed E-state index contributed by atoms with van der Waals surface area (Å²) >= 11 is 0. The first-order valence-corrected chi connectivity index (χ1v) is 6.32. The van der Waals surface area contributed by atoms with Gasteiger partial charge in [0.25, 0.3) is 0 Å². The Morgan fingerprint density at radius 2 is 2.00 bits per heavy atom. The zero-order valence-electron chi connectivity index (χ0n) is 10.6. The van der Waals surface area contributed by atoms with Gasteiger partial charge in [-0.3, -0.25) is 4.79 Å². The van der Waals surface area contributed by atoms with Crippen LogP contribution in [-0.2, 0) is 16.0 Å². The number of benzene rings is 1. The van der Waals surface area contributed by atoms with Crippen LogP contribution in [0.3, 0.4) is 0 Å². The highest BCUT2D eigenvalue weighted by Crippen LogP contribution is 2.04. The van der Waals surface area contributed by atoms with Gasteiger partial charge in [0.15, 0.2) is 0 Å². The molecule has 0 saturated carbocycles. The van der Waals surface area contributed by atoms with Crippen molar-refractivity contribution < 1.29 is 14.6 Å². The number of nitrogens with one attached hydrogen (secondary N) is 1. The van der Waals surface area contributed by atoms with E-state index in [4.69, 9.17) is 9.84 Å². The van der Waals surface area contributed by atoms with Crippen molar-refractivity contribution in [3.8, 4) is 0 Å². The molecule has 2 N–H and O–H groups in total. The molecule has 1 aromatic carbocycles. The van der Waals surface area contributed by atoms with E-state index >= 15 is 0 Å². The summed E-state index contributed by atoms with van der Waals surface area (Å²) < 4.78 is 5.04. The highest BCUT2D eigenvalue weighted by Gasteiger charge is 2.00. The second kappa shape index (κ2) is 9.62. The standard InChI is InChI=1S/C14H21NO3/c16-10-12-18-11-9-15-14(17)8-4-7-13-5-2-1-3-6-13/h1-3,5-6,16H,4,7-12H2,(H,15,17). The smallest absolute Gasteiger partial charge is 0.220 e. The van der Waals surface area contributed by atoms with Crippen LogP contribution < -0.4 is 5.32 Å². The molecule has 0 radical (unpaired) electrons. The monoisotopic (exact) mass is 251 g/mol. The number of hydrogen-bond acceptors (Lipinski definition) is 3. The highest BCUT2D eigenvalue weighted by molar-refractivity contribution is 5.75. The van der Waals surface area contributed by atoms with Gasteiger partial charge < -0.3 is 15.2 Å². The van der Waals surface area contributed by atoms with E-state index in [1.54, 1.807) is 0 Å². The van der Waals surface area contributed by atoms with Crippen LogP contribution in [0.15, 0.2) is 30.3 Å². The molecule has 0 aliphatic carbocycles. The van der Waals surface area contributed by atoms with Crippen LogP contribution in [0, 0.1) is 0 Å². The van der Waals surface area contributed by atoms with Gasteiger partial charge in [0.05, 0.1) is 19.8 Å². The normalized spacial score (nSPS) is 10.3. The van der Waals surface area contributed by atoms with E-state index in [2.05, 4.69) is 17.4 Å². The first kappa shape index (κ1) is 14.7. The first-order chi connectivity index (χ1) is 8.83. The Labute approximate surface area is 108 Å². The fourth-order valence-electron chi connectivity index (χ4n) is 1.62. The summed E-state index contributed by atoms with van der Waals surface area (Å²) in [5.41, 5.74) is 1.26. The Bertz CT molecular complexity index is 327. The van der Waals surface area contributed by atoms with Crippen LogP contribution in [-0.4, -0.2) is 37.4 Å². The number of carbonyl (C=O) groups is 1. The van der Waals surface area contributed by atoms with E-state index in [9.17, 15) is 4.79 Å². The van der Waals surface area contributed by atoms with Gasteiger partial charge in [-0.15, -0.1) is 0 Å². The van der Waals surface area contributed by atoms with Gasteiger partial charge >= 0.3 is 0 Å². The number of ether oxygens (including phenoxy) is 1. The lowest BCUT2D eigenvalue weighted by Crippen LogP contribution is -2.27. The molecule has 0 atom stereocenters. The van der Waals surface area contributed by atoms with Crippen molar-refractivity contribution in [1.82, 2.24) is 5.32 Å². The summed E-state index contributed by atoms with van der Waals surface area (Å²) in [4.78, 5) is 11.4. The molecular weight excluding hydrogens is 230 g/mol. The number of carbonyl (C=O) groups excluding carboxylic acids is 1. The minimum Gasteiger partial charge on any atom is -0.394 e. The van der Waals surface area contributed by atoms with E-state index in [0.717, 1.165) is 12.8 Å². The Kier molecular flexibility index (Phi) is 7.84. The SMILES string of the molecule is O=C(CCCc1ccccc1)NCCOCCO. The predicted molar refractivity (Wildman–Crippen MR) is 70.3 cm³/mol. The molecule has 0 aromatic heterocycles. The van der Waals surface area contributed by atoms with E-state index in [-0.39, 0.29) is 12.5 Å². The second-order valence-electron chi connectivity index (χ2n) is 4.03. The van der Waals surface area contributed by atoms with Crippen LogP contribution in [0.1, 0.15) is 18.4 Å². The predicted octanol–water partition coefficient (Wildman–Crippen LogP) is 1.13. The summed E-state index contributed by atoms with van der Waals surface area (Å²) in [6.45, 7) is 1.30. The molecule has 4 heteroatoms. The molecule has 100 valence electrons. The molecule has 0 fully saturated rings. The summed E-state index contributed by atoms with van der Waals surface area (Å²) in [6.07, 6.45) is 2.32. The first-order valence-electron chi connectivity index (χ1n) is 6.32. The number of aliphatic hydroxyl groups is 1. The number of hydrogen-bond donors (Lipinski definition) is 2. The molecule has 0 aliphatic heterocycles. The quantitative estimate of drug-likeness (QED) is 0.647.